The molecule has 2 N–H and O–H groups in total. The van der Waals surface area contributed by atoms with Gasteiger partial charge in [-0.05, 0) is 6.92 Å². The SMILES string of the molecule is COCCNC(C)c1ncc[nH]1. The molecule has 1 atom stereocenters. The van der Waals surface area contributed by atoms with E-state index in [1.165, 1.54) is 0 Å². The third-order valence-electron chi connectivity index (χ3n) is 1.69. The Morgan fingerprint density at radius 2 is 2.58 bits per heavy atom. The Morgan fingerprint density at radius 1 is 1.75 bits per heavy atom. The van der Waals surface area contributed by atoms with Crippen molar-refractivity contribution in [2.24, 2.45) is 0 Å². The van der Waals surface area contributed by atoms with Gasteiger partial charge in [-0.25, -0.2) is 4.98 Å². The van der Waals surface area contributed by atoms with E-state index in [1.807, 2.05) is 6.20 Å². The number of H-pyrrole nitrogens is 1. The van der Waals surface area contributed by atoms with Gasteiger partial charge in [-0.2, -0.15) is 0 Å². The second-order valence-corrected chi connectivity index (χ2v) is 2.64. The highest BCUT2D eigenvalue weighted by Crippen LogP contribution is 2.03. The van der Waals surface area contributed by atoms with Crippen molar-refractivity contribution in [1.82, 2.24) is 15.3 Å². The van der Waals surface area contributed by atoms with Gasteiger partial charge < -0.3 is 15.0 Å². The molecule has 4 heteroatoms. The number of rotatable bonds is 5. The van der Waals surface area contributed by atoms with Gasteiger partial charge in [0, 0.05) is 26.0 Å². The van der Waals surface area contributed by atoms with Crippen LogP contribution in [0.2, 0.25) is 0 Å². The van der Waals surface area contributed by atoms with E-state index in [9.17, 15) is 0 Å². The highest BCUT2D eigenvalue weighted by molar-refractivity contribution is 4.93. The summed E-state index contributed by atoms with van der Waals surface area (Å²) in [7, 11) is 1.69. The van der Waals surface area contributed by atoms with Gasteiger partial charge in [0.25, 0.3) is 0 Å². The minimum Gasteiger partial charge on any atom is -0.383 e. The first kappa shape index (κ1) is 9.22. The van der Waals surface area contributed by atoms with Gasteiger partial charge >= 0.3 is 0 Å². The van der Waals surface area contributed by atoms with E-state index in [4.69, 9.17) is 4.74 Å². The van der Waals surface area contributed by atoms with Gasteiger partial charge in [0.05, 0.1) is 12.6 Å². The smallest absolute Gasteiger partial charge is 0.122 e. The predicted molar refractivity (Wildman–Crippen MR) is 46.9 cm³/mol. The molecule has 1 aromatic heterocycles. The lowest BCUT2D eigenvalue weighted by Gasteiger charge is -2.09. The number of aromatic amines is 1. The number of imidazole rings is 1. The van der Waals surface area contributed by atoms with Crippen molar-refractivity contribution in [3.05, 3.63) is 18.2 Å². The number of ether oxygens (including phenoxy) is 1. The van der Waals surface area contributed by atoms with E-state index in [0.29, 0.717) is 0 Å². The largest absolute Gasteiger partial charge is 0.383 e. The third-order valence-corrected chi connectivity index (χ3v) is 1.69. The minimum absolute atomic E-state index is 0.259. The van der Waals surface area contributed by atoms with Crippen molar-refractivity contribution in [3.8, 4) is 0 Å². The van der Waals surface area contributed by atoms with Gasteiger partial charge in [0.1, 0.15) is 5.82 Å². The van der Waals surface area contributed by atoms with Crippen molar-refractivity contribution in [2.75, 3.05) is 20.3 Å². The molecule has 0 aliphatic rings. The van der Waals surface area contributed by atoms with Gasteiger partial charge in [0.15, 0.2) is 0 Å². The van der Waals surface area contributed by atoms with Gasteiger partial charge in [-0.15, -0.1) is 0 Å². The zero-order valence-corrected chi connectivity index (χ0v) is 7.50. The first-order valence-corrected chi connectivity index (χ1v) is 4.06. The molecule has 1 unspecified atom stereocenters. The second-order valence-electron chi connectivity index (χ2n) is 2.64. The lowest BCUT2D eigenvalue weighted by molar-refractivity contribution is 0.196. The molecule has 68 valence electrons. The molecule has 0 radical (unpaired) electrons. The molecule has 0 amide bonds. The van der Waals surface area contributed by atoms with Crippen LogP contribution >= 0.6 is 0 Å². The summed E-state index contributed by atoms with van der Waals surface area (Å²) in [6.07, 6.45) is 3.58. The normalized spacial score (nSPS) is 13.2. The van der Waals surface area contributed by atoms with E-state index in [2.05, 4.69) is 22.2 Å². The number of hydrogen-bond acceptors (Lipinski definition) is 3. The first-order valence-electron chi connectivity index (χ1n) is 4.06. The summed E-state index contributed by atoms with van der Waals surface area (Å²) in [4.78, 5) is 7.19. The van der Waals surface area contributed by atoms with E-state index in [0.717, 1.165) is 19.0 Å². The molecule has 4 nitrogen and oxygen atoms in total. The lowest BCUT2D eigenvalue weighted by Crippen LogP contribution is -2.23. The molecule has 12 heavy (non-hydrogen) atoms. The number of nitrogens with zero attached hydrogens (tertiary/aromatic N) is 1. The number of aromatic nitrogens is 2. The number of nitrogens with one attached hydrogen (secondary N) is 2. The molecule has 1 rings (SSSR count). The van der Waals surface area contributed by atoms with Gasteiger partial charge in [-0.3, -0.25) is 0 Å². The van der Waals surface area contributed by atoms with Crippen LogP contribution in [-0.4, -0.2) is 30.2 Å². The fourth-order valence-corrected chi connectivity index (χ4v) is 0.988. The molecule has 0 aliphatic carbocycles. The van der Waals surface area contributed by atoms with Crippen molar-refractivity contribution < 1.29 is 4.74 Å². The summed E-state index contributed by atoms with van der Waals surface area (Å²) < 4.78 is 4.92. The van der Waals surface area contributed by atoms with E-state index in [-0.39, 0.29) is 6.04 Å². The number of methoxy groups -OCH3 is 1. The van der Waals surface area contributed by atoms with E-state index < -0.39 is 0 Å². The Morgan fingerprint density at radius 3 is 3.17 bits per heavy atom. The molecule has 1 heterocycles. The maximum atomic E-state index is 4.92. The first-order chi connectivity index (χ1) is 5.84. The Bertz CT molecular complexity index is 198. The Kier molecular flexibility index (Phi) is 3.76. The highest BCUT2D eigenvalue weighted by atomic mass is 16.5. The van der Waals surface area contributed by atoms with Crippen LogP contribution in [0.3, 0.4) is 0 Å². The van der Waals surface area contributed by atoms with Crippen LogP contribution in [0, 0.1) is 0 Å². The summed E-state index contributed by atoms with van der Waals surface area (Å²) in [6.45, 7) is 3.64. The zero-order valence-electron chi connectivity index (χ0n) is 7.50. The highest BCUT2D eigenvalue weighted by Gasteiger charge is 2.04. The van der Waals surface area contributed by atoms with Crippen LogP contribution in [0.4, 0.5) is 0 Å². The molecule has 0 spiro atoms. The van der Waals surface area contributed by atoms with Crippen molar-refractivity contribution in [2.45, 2.75) is 13.0 Å². The molecule has 0 saturated carbocycles. The lowest BCUT2D eigenvalue weighted by atomic mass is 10.3. The Balaban J connectivity index is 2.25. The summed E-state index contributed by atoms with van der Waals surface area (Å²) >= 11 is 0. The summed E-state index contributed by atoms with van der Waals surface area (Å²) in [5.41, 5.74) is 0. The monoisotopic (exact) mass is 169 g/mol. The fourth-order valence-electron chi connectivity index (χ4n) is 0.988. The Hall–Kier alpha value is -0.870. The molecule has 0 saturated heterocycles. The maximum Gasteiger partial charge on any atom is 0.122 e. The summed E-state index contributed by atoms with van der Waals surface area (Å²) in [5, 5.41) is 3.27. The quantitative estimate of drug-likeness (QED) is 0.638. The number of hydrogen-bond donors (Lipinski definition) is 2. The minimum atomic E-state index is 0.259. The van der Waals surface area contributed by atoms with Gasteiger partial charge in [0.2, 0.25) is 0 Å². The van der Waals surface area contributed by atoms with Crippen LogP contribution < -0.4 is 5.32 Å². The molecular formula is C8H15N3O. The third kappa shape index (κ3) is 2.64. The van der Waals surface area contributed by atoms with Crippen LogP contribution in [0.5, 0.6) is 0 Å². The van der Waals surface area contributed by atoms with Crippen LogP contribution in [0.15, 0.2) is 12.4 Å². The van der Waals surface area contributed by atoms with Crippen LogP contribution in [0.25, 0.3) is 0 Å². The average molecular weight is 169 g/mol. The van der Waals surface area contributed by atoms with E-state index >= 15 is 0 Å². The summed E-state index contributed by atoms with van der Waals surface area (Å²) in [5.74, 6) is 0.964. The van der Waals surface area contributed by atoms with Crippen LogP contribution in [0.1, 0.15) is 18.8 Å². The predicted octanol–water partition coefficient (Wildman–Crippen LogP) is 0.707. The maximum absolute atomic E-state index is 4.92. The van der Waals surface area contributed by atoms with E-state index in [1.54, 1.807) is 13.3 Å². The Labute approximate surface area is 72.3 Å². The van der Waals surface area contributed by atoms with Gasteiger partial charge in [-0.1, -0.05) is 0 Å². The second kappa shape index (κ2) is 4.90. The summed E-state index contributed by atoms with van der Waals surface area (Å²) in [6, 6.07) is 0.259. The standard InChI is InChI=1S/C8H15N3O/c1-7(9-5-6-12-2)8-10-3-4-11-8/h3-4,7,9H,5-6H2,1-2H3,(H,10,11). The molecule has 0 bridgehead atoms. The zero-order chi connectivity index (χ0) is 8.81. The molecule has 0 aromatic carbocycles. The molecule has 0 aliphatic heterocycles. The van der Waals surface area contributed by atoms with Crippen LogP contribution in [-0.2, 0) is 4.74 Å². The molecule has 0 fully saturated rings. The van der Waals surface area contributed by atoms with Crippen molar-refractivity contribution in [3.63, 3.8) is 0 Å². The molecular weight excluding hydrogens is 154 g/mol. The average Bonchev–Trinajstić information content (AvgIpc) is 2.56. The molecule has 1 aromatic rings. The topological polar surface area (TPSA) is 49.9 Å². The van der Waals surface area contributed by atoms with Crippen molar-refractivity contribution in [1.29, 1.82) is 0 Å². The van der Waals surface area contributed by atoms with Crippen molar-refractivity contribution >= 4 is 0 Å². The fraction of sp³-hybridized carbons (Fsp3) is 0.625.